The van der Waals surface area contributed by atoms with Gasteiger partial charge in [0.1, 0.15) is 0 Å². The molecule has 0 aromatic carbocycles. The fourth-order valence-electron chi connectivity index (χ4n) is 4.12. The zero-order chi connectivity index (χ0) is 17.5. The molecule has 1 aliphatic carbocycles. The third-order valence-electron chi connectivity index (χ3n) is 5.72. The van der Waals surface area contributed by atoms with Crippen LogP contribution in [0, 0.1) is 5.92 Å². The van der Waals surface area contributed by atoms with Gasteiger partial charge in [-0.1, -0.05) is 39.0 Å². The number of hydrogen-bond acceptors (Lipinski definition) is 4. The van der Waals surface area contributed by atoms with Gasteiger partial charge in [-0.15, -0.1) is 0 Å². The summed E-state index contributed by atoms with van der Waals surface area (Å²) in [6, 6.07) is -0.445. The van der Waals surface area contributed by atoms with E-state index in [1.165, 1.54) is 32.1 Å². The molecule has 1 saturated heterocycles. The molecule has 5 heteroatoms. The predicted molar refractivity (Wildman–Crippen MR) is 96.7 cm³/mol. The number of nitrogens with zero attached hydrogens (tertiary/aromatic N) is 1. The van der Waals surface area contributed by atoms with Gasteiger partial charge < -0.3 is 11.1 Å². The topological polar surface area (TPSA) is 75.4 Å². The molecule has 138 valence electrons. The maximum atomic E-state index is 12.5. The largest absolute Gasteiger partial charge is 0.345 e. The molecular weight excluding hydrogens is 302 g/mol. The van der Waals surface area contributed by atoms with Crippen molar-refractivity contribution in [2.45, 2.75) is 89.8 Å². The van der Waals surface area contributed by atoms with Crippen molar-refractivity contribution >= 4 is 11.7 Å². The molecule has 3 N–H and O–H groups in total. The molecule has 1 heterocycles. The standard InChI is InChI=1S/C19H35N3O2/c1-3-11-22-13-18(23)17(10-9-14(22)2)21-19(24)16(20)12-15-7-5-4-6-8-15/h14-17H,3-13,20H2,1-2H3,(H,21,24)/t14-,16+,17+/m1/s1. The highest BCUT2D eigenvalue weighted by Crippen LogP contribution is 2.27. The number of carbonyl (C=O) groups excluding carboxylic acids is 2. The Morgan fingerprint density at radius 1 is 1.25 bits per heavy atom. The first-order chi connectivity index (χ1) is 11.5. The Labute approximate surface area is 146 Å². The number of nitrogens with one attached hydrogen (secondary N) is 1. The number of carbonyl (C=O) groups is 2. The lowest BCUT2D eigenvalue weighted by Crippen LogP contribution is -2.50. The quantitative estimate of drug-likeness (QED) is 0.779. The summed E-state index contributed by atoms with van der Waals surface area (Å²) in [7, 11) is 0. The second-order valence-electron chi connectivity index (χ2n) is 7.77. The molecule has 0 aromatic rings. The molecule has 0 radical (unpaired) electrons. The van der Waals surface area contributed by atoms with Gasteiger partial charge in [-0.2, -0.15) is 0 Å². The van der Waals surface area contributed by atoms with Crippen molar-refractivity contribution in [1.29, 1.82) is 0 Å². The zero-order valence-electron chi connectivity index (χ0n) is 15.4. The van der Waals surface area contributed by atoms with Crippen molar-refractivity contribution in [1.82, 2.24) is 10.2 Å². The number of amides is 1. The molecule has 3 atom stereocenters. The third kappa shape index (κ3) is 5.55. The summed E-state index contributed by atoms with van der Waals surface area (Å²) in [5, 5.41) is 2.94. The number of nitrogens with two attached hydrogens (primary N) is 1. The minimum atomic E-state index is -0.478. The van der Waals surface area contributed by atoms with Crippen molar-refractivity contribution in [3.63, 3.8) is 0 Å². The predicted octanol–water partition coefficient (Wildman–Crippen LogP) is 2.23. The highest BCUT2D eigenvalue weighted by Gasteiger charge is 2.30. The maximum absolute atomic E-state index is 12.5. The average Bonchev–Trinajstić information content (AvgIpc) is 2.69. The summed E-state index contributed by atoms with van der Waals surface area (Å²) < 4.78 is 0. The SMILES string of the molecule is CCCN1CC(=O)[C@@H](NC(=O)[C@@H](N)CC2CCCCC2)CC[C@H]1C. The van der Waals surface area contributed by atoms with Gasteiger partial charge in [-0.05, 0) is 45.1 Å². The van der Waals surface area contributed by atoms with Crippen molar-refractivity contribution in [2.75, 3.05) is 13.1 Å². The minimum Gasteiger partial charge on any atom is -0.345 e. The fraction of sp³-hybridized carbons (Fsp3) is 0.895. The molecule has 0 aromatic heterocycles. The van der Waals surface area contributed by atoms with Gasteiger partial charge in [-0.25, -0.2) is 0 Å². The van der Waals surface area contributed by atoms with Gasteiger partial charge in [0.15, 0.2) is 5.78 Å². The van der Waals surface area contributed by atoms with Crippen molar-refractivity contribution < 1.29 is 9.59 Å². The van der Waals surface area contributed by atoms with Crippen LogP contribution in [0.4, 0.5) is 0 Å². The Hall–Kier alpha value is -0.940. The second kappa shape index (κ2) is 9.52. The summed E-state index contributed by atoms with van der Waals surface area (Å²) >= 11 is 0. The van der Waals surface area contributed by atoms with Crippen LogP contribution in [0.5, 0.6) is 0 Å². The van der Waals surface area contributed by atoms with E-state index >= 15 is 0 Å². The summed E-state index contributed by atoms with van der Waals surface area (Å²) in [5.74, 6) is 0.561. The molecule has 5 nitrogen and oxygen atoms in total. The van der Waals surface area contributed by atoms with Gasteiger partial charge in [-0.3, -0.25) is 14.5 Å². The van der Waals surface area contributed by atoms with Gasteiger partial charge in [0.25, 0.3) is 0 Å². The first kappa shape index (κ1) is 19.4. The third-order valence-corrected chi connectivity index (χ3v) is 5.72. The summed E-state index contributed by atoms with van der Waals surface area (Å²) in [6.07, 6.45) is 9.65. The normalized spacial score (nSPS) is 28.4. The Kier molecular flexibility index (Phi) is 7.69. The van der Waals surface area contributed by atoms with Gasteiger partial charge in [0, 0.05) is 6.04 Å². The van der Waals surface area contributed by atoms with Gasteiger partial charge in [0.05, 0.1) is 18.6 Å². The van der Waals surface area contributed by atoms with E-state index < -0.39 is 6.04 Å². The average molecular weight is 338 g/mol. The lowest BCUT2D eigenvalue weighted by molar-refractivity contribution is -0.129. The van der Waals surface area contributed by atoms with Gasteiger partial charge in [0.2, 0.25) is 5.91 Å². The number of likely N-dealkylation sites (tertiary alicyclic amines) is 1. The molecule has 2 fully saturated rings. The maximum Gasteiger partial charge on any atom is 0.237 e. The van der Waals surface area contributed by atoms with Crippen LogP contribution in [-0.2, 0) is 9.59 Å². The van der Waals surface area contributed by atoms with Crippen LogP contribution in [0.3, 0.4) is 0 Å². The van der Waals surface area contributed by atoms with Crippen LogP contribution in [0.25, 0.3) is 0 Å². The lowest BCUT2D eigenvalue weighted by Gasteiger charge is -2.25. The van der Waals surface area contributed by atoms with Crippen LogP contribution in [-0.4, -0.2) is 47.8 Å². The fourth-order valence-corrected chi connectivity index (χ4v) is 4.12. The highest BCUT2D eigenvalue weighted by atomic mass is 16.2. The molecule has 0 bridgehead atoms. The Bertz CT molecular complexity index is 421. The molecule has 1 amide bonds. The van der Waals surface area contributed by atoms with Gasteiger partial charge >= 0.3 is 0 Å². The number of hydrogen-bond donors (Lipinski definition) is 2. The number of rotatable bonds is 6. The summed E-state index contributed by atoms with van der Waals surface area (Å²) in [4.78, 5) is 27.2. The van der Waals surface area contributed by atoms with E-state index in [0.717, 1.165) is 32.2 Å². The van der Waals surface area contributed by atoms with Crippen LogP contribution < -0.4 is 11.1 Å². The summed E-state index contributed by atoms with van der Waals surface area (Å²) in [6.45, 7) is 5.68. The molecule has 1 aliphatic heterocycles. The molecular formula is C19H35N3O2. The number of Topliss-reactive ketones (excluding diaryl/α,β-unsaturated/α-hetero) is 1. The first-order valence-electron chi connectivity index (χ1n) is 9.84. The smallest absolute Gasteiger partial charge is 0.237 e. The number of ketones is 1. The summed E-state index contributed by atoms with van der Waals surface area (Å²) in [5.41, 5.74) is 6.12. The zero-order valence-corrected chi connectivity index (χ0v) is 15.4. The highest BCUT2D eigenvalue weighted by molar-refractivity contribution is 5.92. The van der Waals surface area contributed by atoms with Crippen LogP contribution in [0.2, 0.25) is 0 Å². The van der Waals surface area contributed by atoms with Crippen molar-refractivity contribution in [2.24, 2.45) is 11.7 Å². The molecule has 2 aliphatic rings. The van der Waals surface area contributed by atoms with Crippen molar-refractivity contribution in [3.8, 4) is 0 Å². The van der Waals surface area contributed by atoms with Crippen LogP contribution in [0.1, 0.15) is 71.6 Å². The monoisotopic (exact) mass is 337 g/mol. The Morgan fingerprint density at radius 3 is 2.62 bits per heavy atom. The lowest BCUT2D eigenvalue weighted by atomic mass is 9.85. The minimum absolute atomic E-state index is 0.131. The van der Waals surface area contributed by atoms with E-state index in [1.807, 2.05) is 0 Å². The van der Waals surface area contributed by atoms with E-state index in [9.17, 15) is 9.59 Å². The van der Waals surface area contributed by atoms with E-state index in [1.54, 1.807) is 0 Å². The van der Waals surface area contributed by atoms with Crippen LogP contribution in [0.15, 0.2) is 0 Å². The molecule has 0 spiro atoms. The Morgan fingerprint density at radius 2 is 1.96 bits per heavy atom. The molecule has 1 saturated carbocycles. The van der Waals surface area contributed by atoms with Crippen LogP contribution >= 0.6 is 0 Å². The van der Waals surface area contributed by atoms with E-state index in [-0.39, 0.29) is 17.7 Å². The van der Waals surface area contributed by atoms with E-state index in [4.69, 9.17) is 5.73 Å². The van der Waals surface area contributed by atoms with E-state index in [0.29, 0.717) is 18.5 Å². The molecule has 24 heavy (non-hydrogen) atoms. The van der Waals surface area contributed by atoms with Crippen molar-refractivity contribution in [3.05, 3.63) is 0 Å². The Balaban J connectivity index is 1.84. The molecule has 2 rings (SSSR count). The molecule has 0 unspecified atom stereocenters. The van der Waals surface area contributed by atoms with E-state index in [2.05, 4.69) is 24.1 Å². The first-order valence-corrected chi connectivity index (χ1v) is 9.84. The second-order valence-corrected chi connectivity index (χ2v) is 7.77.